The van der Waals surface area contributed by atoms with Gasteiger partial charge in [-0.15, -0.1) is 0 Å². The summed E-state index contributed by atoms with van der Waals surface area (Å²) in [7, 11) is 1.58. The summed E-state index contributed by atoms with van der Waals surface area (Å²) in [6, 6.07) is 21.3. The molecule has 0 aliphatic carbocycles. The molecule has 2 aliphatic heterocycles. The number of nitrogens with one attached hydrogen (secondary N) is 1. The van der Waals surface area contributed by atoms with E-state index < -0.39 is 6.67 Å². The van der Waals surface area contributed by atoms with E-state index in [1.807, 2.05) is 41.3 Å². The molecule has 7 nitrogen and oxygen atoms in total. The number of methoxy groups -OCH3 is 1. The number of carbonyl (C=O) groups excluding carboxylic acids is 2. The number of carbonyl (C=O) groups is 2. The summed E-state index contributed by atoms with van der Waals surface area (Å²) in [5, 5.41) is 2.77. The van der Waals surface area contributed by atoms with Gasteiger partial charge in [-0.2, -0.15) is 0 Å². The van der Waals surface area contributed by atoms with Gasteiger partial charge in [-0.3, -0.25) is 9.59 Å². The van der Waals surface area contributed by atoms with E-state index in [9.17, 15) is 14.0 Å². The Kier molecular flexibility index (Phi) is 7.77. The molecule has 0 aromatic heterocycles. The summed E-state index contributed by atoms with van der Waals surface area (Å²) < 4.78 is 29.1. The van der Waals surface area contributed by atoms with Crippen LogP contribution in [0, 0.1) is 5.92 Å². The standard InChI is InChI=1S/C30H31FN2O5/c1-36-27-18-22(7-10-26(27)37-16-13-31)29(20-5-3-2-4-6-20)21-11-14-33(15-12-21)30(35)23-8-9-25-24(17-23)32-28(34)19-38-25/h2-10,17-18,21,29H,11-16,19H2,1H3,(H,32,34). The van der Waals surface area contributed by atoms with Crippen LogP contribution in [-0.2, 0) is 4.79 Å². The second-order valence-corrected chi connectivity index (χ2v) is 9.51. The Morgan fingerprint density at radius 2 is 1.84 bits per heavy atom. The summed E-state index contributed by atoms with van der Waals surface area (Å²) in [5.41, 5.74) is 3.35. The molecule has 1 unspecified atom stereocenters. The van der Waals surface area contributed by atoms with Crippen LogP contribution >= 0.6 is 0 Å². The molecule has 5 rings (SSSR count). The van der Waals surface area contributed by atoms with Crippen LogP contribution in [0.5, 0.6) is 17.2 Å². The van der Waals surface area contributed by atoms with Crippen molar-refractivity contribution in [3.63, 3.8) is 0 Å². The van der Waals surface area contributed by atoms with Gasteiger partial charge < -0.3 is 24.4 Å². The van der Waals surface area contributed by atoms with Crippen molar-refractivity contribution in [1.29, 1.82) is 0 Å². The summed E-state index contributed by atoms with van der Waals surface area (Å²) in [6.07, 6.45) is 1.66. The number of amides is 2. The van der Waals surface area contributed by atoms with Crippen molar-refractivity contribution in [1.82, 2.24) is 4.90 Å². The highest BCUT2D eigenvalue weighted by molar-refractivity contribution is 5.99. The van der Waals surface area contributed by atoms with Crippen molar-refractivity contribution in [2.24, 2.45) is 5.92 Å². The van der Waals surface area contributed by atoms with E-state index in [0.717, 1.165) is 18.4 Å². The highest BCUT2D eigenvalue weighted by Crippen LogP contribution is 2.41. The Bertz CT molecular complexity index is 1290. The van der Waals surface area contributed by atoms with Gasteiger partial charge in [0.15, 0.2) is 18.1 Å². The number of hydrogen-bond donors (Lipinski definition) is 1. The zero-order valence-corrected chi connectivity index (χ0v) is 21.3. The van der Waals surface area contributed by atoms with Gasteiger partial charge in [-0.05, 0) is 60.2 Å². The number of nitrogens with zero attached hydrogens (tertiary/aromatic N) is 1. The number of anilines is 1. The summed E-state index contributed by atoms with van der Waals surface area (Å²) in [5.74, 6) is 1.79. The zero-order valence-electron chi connectivity index (χ0n) is 21.3. The molecule has 0 saturated carbocycles. The maximum absolute atomic E-state index is 13.3. The van der Waals surface area contributed by atoms with Crippen molar-refractivity contribution in [3.8, 4) is 17.2 Å². The van der Waals surface area contributed by atoms with Crippen LogP contribution < -0.4 is 19.5 Å². The van der Waals surface area contributed by atoms with Gasteiger partial charge >= 0.3 is 0 Å². The molecule has 2 amide bonds. The van der Waals surface area contributed by atoms with E-state index in [4.69, 9.17) is 14.2 Å². The molecule has 198 valence electrons. The summed E-state index contributed by atoms with van der Waals surface area (Å²) >= 11 is 0. The quantitative estimate of drug-likeness (QED) is 0.451. The van der Waals surface area contributed by atoms with Gasteiger partial charge in [0, 0.05) is 24.6 Å². The predicted molar refractivity (Wildman–Crippen MR) is 142 cm³/mol. The molecular weight excluding hydrogens is 487 g/mol. The van der Waals surface area contributed by atoms with E-state index in [-0.39, 0.29) is 30.9 Å². The molecule has 0 bridgehead atoms. The SMILES string of the molecule is COc1cc(C(c2ccccc2)C2CCN(C(=O)c3ccc4c(c3)NC(=O)CO4)CC2)ccc1OCCF. The molecule has 1 saturated heterocycles. The minimum atomic E-state index is -0.567. The minimum absolute atomic E-state index is 0.0182. The Morgan fingerprint density at radius 3 is 2.58 bits per heavy atom. The minimum Gasteiger partial charge on any atom is -0.493 e. The van der Waals surface area contributed by atoms with Gasteiger partial charge in [0.05, 0.1) is 12.8 Å². The third kappa shape index (κ3) is 5.44. The van der Waals surface area contributed by atoms with Crippen LogP contribution in [0.2, 0.25) is 0 Å². The second-order valence-electron chi connectivity index (χ2n) is 9.51. The van der Waals surface area contributed by atoms with Crippen molar-refractivity contribution in [2.75, 3.05) is 45.4 Å². The largest absolute Gasteiger partial charge is 0.493 e. The first-order valence-electron chi connectivity index (χ1n) is 12.8. The lowest BCUT2D eigenvalue weighted by molar-refractivity contribution is -0.118. The third-order valence-corrected chi connectivity index (χ3v) is 7.20. The Balaban J connectivity index is 1.34. The van der Waals surface area contributed by atoms with E-state index >= 15 is 0 Å². The molecular formula is C30H31FN2O5. The Hall–Kier alpha value is -4.07. The van der Waals surface area contributed by atoms with Crippen LogP contribution in [0.25, 0.3) is 0 Å². The first kappa shape index (κ1) is 25.6. The molecule has 8 heteroatoms. The number of likely N-dealkylation sites (tertiary alicyclic amines) is 1. The molecule has 3 aromatic rings. The number of alkyl halides is 1. The van der Waals surface area contributed by atoms with Gasteiger partial charge in [0.2, 0.25) is 0 Å². The zero-order chi connectivity index (χ0) is 26.5. The molecule has 3 aromatic carbocycles. The number of rotatable bonds is 8. The maximum atomic E-state index is 13.3. The molecule has 1 fully saturated rings. The number of hydrogen-bond acceptors (Lipinski definition) is 5. The lowest BCUT2D eigenvalue weighted by atomic mass is 9.76. The van der Waals surface area contributed by atoms with Gasteiger partial charge in [0.25, 0.3) is 11.8 Å². The first-order valence-corrected chi connectivity index (χ1v) is 12.8. The second kappa shape index (κ2) is 11.5. The number of halogens is 1. The van der Waals surface area contributed by atoms with Crippen LogP contribution in [-0.4, -0.2) is 56.8 Å². The molecule has 1 atom stereocenters. The average Bonchev–Trinajstić information content (AvgIpc) is 2.96. The fraction of sp³-hybridized carbons (Fsp3) is 0.333. The summed E-state index contributed by atoms with van der Waals surface area (Å²) in [6.45, 7) is 0.648. The molecule has 2 aliphatic rings. The van der Waals surface area contributed by atoms with Crippen LogP contribution in [0.3, 0.4) is 0 Å². The fourth-order valence-corrected chi connectivity index (χ4v) is 5.38. The van der Waals surface area contributed by atoms with Gasteiger partial charge in [0.1, 0.15) is 19.0 Å². The van der Waals surface area contributed by atoms with E-state index in [0.29, 0.717) is 47.5 Å². The number of benzene rings is 3. The van der Waals surface area contributed by atoms with Crippen LogP contribution in [0.1, 0.15) is 40.2 Å². The topological polar surface area (TPSA) is 77.1 Å². The monoisotopic (exact) mass is 518 g/mol. The van der Waals surface area contributed by atoms with Crippen molar-refractivity contribution < 1.29 is 28.2 Å². The fourth-order valence-electron chi connectivity index (χ4n) is 5.38. The lowest BCUT2D eigenvalue weighted by Gasteiger charge is -2.37. The van der Waals surface area contributed by atoms with Gasteiger partial charge in [-0.1, -0.05) is 36.4 Å². The highest BCUT2D eigenvalue weighted by Gasteiger charge is 2.32. The lowest BCUT2D eigenvalue weighted by Crippen LogP contribution is -2.40. The van der Waals surface area contributed by atoms with E-state index in [1.54, 1.807) is 25.3 Å². The van der Waals surface area contributed by atoms with Crippen molar-refractivity contribution >= 4 is 17.5 Å². The smallest absolute Gasteiger partial charge is 0.262 e. The number of piperidine rings is 1. The van der Waals surface area contributed by atoms with Crippen LogP contribution in [0.15, 0.2) is 66.7 Å². The summed E-state index contributed by atoms with van der Waals surface area (Å²) in [4.78, 5) is 26.9. The number of fused-ring (bicyclic) bond motifs is 1. The number of ether oxygens (including phenoxy) is 3. The molecule has 38 heavy (non-hydrogen) atoms. The normalized spacial score (nSPS) is 16.2. The molecule has 0 radical (unpaired) electrons. The molecule has 0 spiro atoms. The highest BCUT2D eigenvalue weighted by atomic mass is 19.1. The van der Waals surface area contributed by atoms with Gasteiger partial charge in [-0.25, -0.2) is 4.39 Å². The van der Waals surface area contributed by atoms with Crippen molar-refractivity contribution in [3.05, 3.63) is 83.4 Å². The van der Waals surface area contributed by atoms with Crippen molar-refractivity contribution in [2.45, 2.75) is 18.8 Å². The van der Waals surface area contributed by atoms with E-state index in [1.165, 1.54) is 5.56 Å². The Morgan fingerprint density at radius 1 is 1.05 bits per heavy atom. The molecule has 1 N–H and O–H groups in total. The maximum Gasteiger partial charge on any atom is 0.262 e. The van der Waals surface area contributed by atoms with E-state index in [2.05, 4.69) is 17.4 Å². The first-order chi connectivity index (χ1) is 18.6. The predicted octanol–water partition coefficient (Wildman–Crippen LogP) is 5.06. The average molecular weight is 519 g/mol. The molecule has 2 heterocycles. The van der Waals surface area contributed by atoms with Crippen LogP contribution in [0.4, 0.5) is 10.1 Å². The third-order valence-electron chi connectivity index (χ3n) is 7.20. The Labute approximate surface area is 221 Å².